The maximum atomic E-state index is 12.3. The van der Waals surface area contributed by atoms with E-state index in [2.05, 4.69) is 20.5 Å². The maximum absolute atomic E-state index is 12.3. The van der Waals surface area contributed by atoms with Gasteiger partial charge in [0.05, 0.1) is 10.4 Å². The highest BCUT2D eigenvalue weighted by Gasteiger charge is 2.33. The van der Waals surface area contributed by atoms with Gasteiger partial charge >= 0.3 is 0 Å². The summed E-state index contributed by atoms with van der Waals surface area (Å²) in [6, 6.07) is 4.71. The highest BCUT2D eigenvalue weighted by molar-refractivity contribution is 6.32. The Labute approximate surface area is 132 Å². The van der Waals surface area contributed by atoms with Crippen molar-refractivity contribution in [3.63, 3.8) is 0 Å². The summed E-state index contributed by atoms with van der Waals surface area (Å²) in [7, 11) is 0. The summed E-state index contributed by atoms with van der Waals surface area (Å²) < 4.78 is 0. The van der Waals surface area contributed by atoms with Crippen LogP contribution < -0.4 is 5.32 Å². The van der Waals surface area contributed by atoms with Gasteiger partial charge < -0.3 is 5.11 Å². The summed E-state index contributed by atoms with van der Waals surface area (Å²) in [5.41, 5.74) is 0.158. The molecule has 0 saturated heterocycles. The molecule has 2 aromatic rings. The average molecular weight is 319 g/mol. The molecule has 3 N–H and O–H groups in total. The predicted molar refractivity (Wildman–Crippen MR) is 83.6 cm³/mol. The molecule has 0 aliphatic heterocycles. The first-order chi connectivity index (χ1) is 10.5. The zero-order valence-corrected chi connectivity index (χ0v) is 12.7. The van der Waals surface area contributed by atoms with Gasteiger partial charge in [-0.2, -0.15) is 4.98 Å². The normalized spacial score (nSPS) is 20.3. The topological polar surface area (TPSA) is 90.9 Å². The molecule has 0 radical (unpaired) electrons. The summed E-state index contributed by atoms with van der Waals surface area (Å²) in [6.07, 6.45) is 5.59. The molecule has 1 unspecified atom stereocenters. The number of aromatic amines is 1. The Hall–Kier alpha value is -2.34. The summed E-state index contributed by atoms with van der Waals surface area (Å²) in [5.74, 6) is 0.546. The third-order valence-electron chi connectivity index (χ3n) is 3.77. The molecular weight excluding hydrogens is 304 g/mol. The monoisotopic (exact) mass is 318 g/mol. The lowest BCUT2D eigenvalue weighted by Gasteiger charge is -2.19. The van der Waals surface area contributed by atoms with Gasteiger partial charge in [0.25, 0.3) is 0 Å². The van der Waals surface area contributed by atoms with Gasteiger partial charge in [0.1, 0.15) is 5.75 Å². The summed E-state index contributed by atoms with van der Waals surface area (Å²) in [5, 5.41) is 19.1. The van der Waals surface area contributed by atoms with E-state index in [9.17, 15) is 9.90 Å². The first-order valence-electron chi connectivity index (χ1n) is 6.88. The highest BCUT2D eigenvalue weighted by atomic mass is 35.5. The van der Waals surface area contributed by atoms with Crippen LogP contribution in [-0.2, 0) is 4.79 Å². The summed E-state index contributed by atoms with van der Waals surface area (Å²) in [4.78, 5) is 16.5. The third kappa shape index (κ3) is 2.69. The second-order valence-electron chi connectivity index (χ2n) is 5.49. The van der Waals surface area contributed by atoms with Crippen LogP contribution in [0.2, 0.25) is 5.02 Å². The zero-order valence-electron chi connectivity index (χ0n) is 11.9. The number of nitrogens with one attached hydrogen (secondary N) is 2. The number of nitrogens with zero attached hydrogens (tertiary/aromatic N) is 2. The number of benzene rings is 1. The number of aromatic hydroxyl groups is 1. The fourth-order valence-electron chi connectivity index (χ4n) is 2.34. The zero-order chi connectivity index (χ0) is 15.7. The Kier molecular flexibility index (Phi) is 3.62. The molecule has 1 aromatic heterocycles. The minimum Gasteiger partial charge on any atom is -0.506 e. The summed E-state index contributed by atoms with van der Waals surface area (Å²) in [6.45, 7) is 1.89. The van der Waals surface area contributed by atoms with Crippen LogP contribution in [-0.4, -0.2) is 26.2 Å². The largest absolute Gasteiger partial charge is 0.506 e. The first-order valence-corrected chi connectivity index (χ1v) is 7.26. The average Bonchev–Trinajstić information content (AvgIpc) is 3.12. The minimum absolute atomic E-state index is 0.000552. The molecule has 3 rings (SSSR count). The Morgan fingerprint density at radius 1 is 1.50 bits per heavy atom. The lowest BCUT2D eigenvalue weighted by molar-refractivity contribution is -0.122. The molecule has 1 aliphatic carbocycles. The molecule has 114 valence electrons. The van der Waals surface area contributed by atoms with E-state index in [1.807, 2.05) is 19.1 Å². The molecule has 6 nitrogen and oxygen atoms in total. The molecular formula is C15H15ClN4O2. The number of carbonyl (C=O) groups is 1. The van der Waals surface area contributed by atoms with E-state index in [0.29, 0.717) is 11.4 Å². The molecule has 0 saturated carbocycles. The van der Waals surface area contributed by atoms with Crippen molar-refractivity contribution in [1.29, 1.82) is 0 Å². The van der Waals surface area contributed by atoms with E-state index in [0.717, 1.165) is 12.8 Å². The van der Waals surface area contributed by atoms with Crippen molar-refractivity contribution in [1.82, 2.24) is 15.2 Å². The Morgan fingerprint density at radius 2 is 2.32 bits per heavy atom. The van der Waals surface area contributed by atoms with E-state index >= 15 is 0 Å². The number of amides is 1. The Morgan fingerprint density at radius 3 is 3.00 bits per heavy atom. The first kappa shape index (κ1) is 14.6. The summed E-state index contributed by atoms with van der Waals surface area (Å²) >= 11 is 5.87. The minimum atomic E-state index is -0.511. The molecule has 22 heavy (non-hydrogen) atoms. The van der Waals surface area contributed by atoms with Crippen LogP contribution in [0.4, 0.5) is 5.95 Å². The molecule has 1 amide bonds. The van der Waals surface area contributed by atoms with Crippen LogP contribution in [0, 0.1) is 5.41 Å². The SMILES string of the molecule is CC1(C(=O)Nc2n[nH]c(-c3ccc(O)c(Cl)c3)n2)C=CCC1. The molecule has 1 heterocycles. The van der Waals surface area contributed by atoms with Gasteiger partial charge in [-0.3, -0.25) is 15.2 Å². The van der Waals surface area contributed by atoms with Gasteiger partial charge in [0.15, 0.2) is 5.82 Å². The lowest BCUT2D eigenvalue weighted by Crippen LogP contribution is -2.30. The molecule has 1 aromatic carbocycles. The van der Waals surface area contributed by atoms with Crippen molar-refractivity contribution < 1.29 is 9.90 Å². The van der Waals surface area contributed by atoms with Gasteiger partial charge in [-0.05, 0) is 38.0 Å². The molecule has 0 fully saturated rings. The van der Waals surface area contributed by atoms with Crippen LogP contribution >= 0.6 is 11.6 Å². The molecule has 0 spiro atoms. The molecule has 0 bridgehead atoms. The number of aromatic nitrogens is 3. The maximum Gasteiger partial charge on any atom is 0.249 e. The van der Waals surface area contributed by atoms with Gasteiger partial charge in [0.2, 0.25) is 11.9 Å². The fraction of sp³-hybridized carbons (Fsp3) is 0.267. The Bertz CT molecular complexity index is 756. The van der Waals surface area contributed by atoms with Crippen LogP contribution in [0.25, 0.3) is 11.4 Å². The van der Waals surface area contributed by atoms with E-state index in [1.54, 1.807) is 12.1 Å². The van der Waals surface area contributed by atoms with E-state index in [-0.39, 0.29) is 22.6 Å². The number of H-pyrrole nitrogens is 1. The second kappa shape index (κ2) is 5.46. The van der Waals surface area contributed by atoms with Gasteiger partial charge in [-0.1, -0.05) is 23.8 Å². The van der Waals surface area contributed by atoms with Crippen molar-refractivity contribution in [2.24, 2.45) is 5.41 Å². The smallest absolute Gasteiger partial charge is 0.249 e. The van der Waals surface area contributed by atoms with E-state index in [4.69, 9.17) is 11.6 Å². The van der Waals surface area contributed by atoms with E-state index in [1.165, 1.54) is 6.07 Å². The fourth-order valence-corrected chi connectivity index (χ4v) is 2.53. The van der Waals surface area contributed by atoms with Crippen molar-refractivity contribution in [2.75, 3.05) is 5.32 Å². The van der Waals surface area contributed by atoms with Crippen molar-refractivity contribution in [2.45, 2.75) is 19.8 Å². The predicted octanol–water partition coefficient (Wildman–Crippen LogP) is 3.13. The standard InChI is InChI=1S/C15H15ClN4O2/c1-15(6-2-3-7-15)13(22)18-14-17-12(19-20-14)9-4-5-11(21)10(16)8-9/h2,4-6,8,21H,3,7H2,1H3,(H2,17,18,19,20,22). The van der Waals surface area contributed by atoms with Gasteiger partial charge in [-0.25, -0.2) is 0 Å². The van der Waals surface area contributed by atoms with Crippen LogP contribution in [0.1, 0.15) is 19.8 Å². The molecule has 1 aliphatic rings. The van der Waals surface area contributed by atoms with Gasteiger partial charge in [-0.15, -0.1) is 5.10 Å². The number of hydrogen-bond donors (Lipinski definition) is 3. The van der Waals surface area contributed by atoms with Crippen LogP contribution in [0.5, 0.6) is 5.75 Å². The number of phenolic OH excluding ortho intramolecular Hbond substituents is 1. The van der Waals surface area contributed by atoms with Crippen molar-refractivity contribution in [3.8, 4) is 17.1 Å². The number of carbonyl (C=O) groups excluding carboxylic acids is 1. The Balaban J connectivity index is 1.77. The second-order valence-corrected chi connectivity index (χ2v) is 5.89. The third-order valence-corrected chi connectivity index (χ3v) is 4.07. The van der Waals surface area contributed by atoms with Gasteiger partial charge in [0, 0.05) is 5.56 Å². The van der Waals surface area contributed by atoms with Crippen LogP contribution in [0.15, 0.2) is 30.4 Å². The highest BCUT2D eigenvalue weighted by Crippen LogP contribution is 2.32. The number of phenols is 1. The number of hydrogen-bond acceptors (Lipinski definition) is 4. The van der Waals surface area contributed by atoms with E-state index < -0.39 is 5.41 Å². The number of halogens is 1. The van der Waals surface area contributed by atoms with Crippen LogP contribution in [0.3, 0.4) is 0 Å². The quantitative estimate of drug-likeness (QED) is 0.758. The molecule has 1 atom stereocenters. The lowest BCUT2D eigenvalue weighted by atomic mass is 9.89. The number of rotatable bonds is 3. The number of anilines is 1. The number of allylic oxidation sites excluding steroid dienone is 1. The van der Waals surface area contributed by atoms with Crippen molar-refractivity contribution in [3.05, 3.63) is 35.4 Å². The van der Waals surface area contributed by atoms with Crippen molar-refractivity contribution >= 4 is 23.5 Å². The molecule has 7 heteroatoms.